The summed E-state index contributed by atoms with van der Waals surface area (Å²) in [7, 11) is 1.63. The van der Waals surface area contributed by atoms with Crippen molar-refractivity contribution in [2.75, 3.05) is 26.8 Å². The number of aryl methyl sites for hydroxylation is 1. The SMILES string of the molecule is COCCNC(=O)[C@@H]1C[C@H]2[C@H](CCN2Cc2csc(C)n2)O1. The first-order valence-electron chi connectivity index (χ1n) is 7.74. The number of hydrogen-bond donors (Lipinski definition) is 1. The fraction of sp³-hybridized carbons (Fsp3) is 0.733. The molecule has 0 aliphatic carbocycles. The molecule has 7 heteroatoms. The van der Waals surface area contributed by atoms with Crippen LogP contribution in [0.3, 0.4) is 0 Å². The Kier molecular flexibility index (Phi) is 5.07. The van der Waals surface area contributed by atoms with Gasteiger partial charge < -0.3 is 14.8 Å². The second-order valence-electron chi connectivity index (χ2n) is 5.87. The summed E-state index contributed by atoms with van der Waals surface area (Å²) in [4.78, 5) is 19.0. The fourth-order valence-electron chi connectivity index (χ4n) is 3.28. The Bertz CT molecular complexity index is 522. The first-order chi connectivity index (χ1) is 10.7. The molecule has 3 rings (SSSR count). The number of nitrogens with one attached hydrogen (secondary N) is 1. The van der Waals surface area contributed by atoms with E-state index in [4.69, 9.17) is 9.47 Å². The lowest BCUT2D eigenvalue weighted by molar-refractivity contribution is -0.132. The van der Waals surface area contributed by atoms with Gasteiger partial charge in [0.15, 0.2) is 0 Å². The predicted molar refractivity (Wildman–Crippen MR) is 83.8 cm³/mol. The van der Waals surface area contributed by atoms with Gasteiger partial charge in [0.05, 0.1) is 23.4 Å². The number of fused-ring (bicyclic) bond motifs is 1. The minimum atomic E-state index is -0.327. The monoisotopic (exact) mass is 325 g/mol. The van der Waals surface area contributed by atoms with E-state index in [9.17, 15) is 4.79 Å². The molecule has 1 aromatic rings. The van der Waals surface area contributed by atoms with Crippen LogP contribution >= 0.6 is 11.3 Å². The number of hydrogen-bond acceptors (Lipinski definition) is 6. The summed E-state index contributed by atoms with van der Waals surface area (Å²) in [6.45, 7) is 4.96. The maximum atomic E-state index is 12.1. The minimum absolute atomic E-state index is 0.0177. The van der Waals surface area contributed by atoms with Crippen LogP contribution in [-0.4, -0.2) is 60.8 Å². The molecule has 22 heavy (non-hydrogen) atoms. The van der Waals surface area contributed by atoms with E-state index in [1.807, 2.05) is 6.92 Å². The number of thiazole rings is 1. The van der Waals surface area contributed by atoms with Crippen molar-refractivity contribution in [1.82, 2.24) is 15.2 Å². The molecule has 2 saturated heterocycles. The molecule has 1 amide bonds. The van der Waals surface area contributed by atoms with Crippen LogP contribution in [0.4, 0.5) is 0 Å². The highest BCUT2D eigenvalue weighted by atomic mass is 32.1. The average molecular weight is 325 g/mol. The number of ether oxygens (including phenoxy) is 2. The van der Waals surface area contributed by atoms with E-state index in [-0.39, 0.29) is 18.1 Å². The average Bonchev–Trinajstić information content (AvgIpc) is 3.17. The summed E-state index contributed by atoms with van der Waals surface area (Å²) in [5, 5.41) is 6.08. The summed E-state index contributed by atoms with van der Waals surface area (Å²) < 4.78 is 10.9. The molecule has 0 spiro atoms. The molecule has 1 N–H and O–H groups in total. The number of nitrogens with zero attached hydrogens (tertiary/aromatic N) is 2. The van der Waals surface area contributed by atoms with Crippen LogP contribution < -0.4 is 5.32 Å². The second-order valence-corrected chi connectivity index (χ2v) is 6.93. The van der Waals surface area contributed by atoms with Crippen molar-refractivity contribution in [2.45, 2.75) is 44.6 Å². The highest BCUT2D eigenvalue weighted by molar-refractivity contribution is 7.09. The van der Waals surface area contributed by atoms with Crippen molar-refractivity contribution in [3.63, 3.8) is 0 Å². The lowest BCUT2D eigenvalue weighted by atomic mass is 10.1. The minimum Gasteiger partial charge on any atom is -0.383 e. The molecule has 0 aromatic carbocycles. The van der Waals surface area contributed by atoms with Gasteiger partial charge in [0.2, 0.25) is 5.91 Å². The lowest BCUT2D eigenvalue weighted by Crippen LogP contribution is -2.37. The maximum absolute atomic E-state index is 12.1. The zero-order valence-electron chi connectivity index (χ0n) is 13.1. The third-order valence-electron chi connectivity index (χ3n) is 4.32. The van der Waals surface area contributed by atoms with E-state index in [2.05, 4.69) is 20.6 Å². The standard InChI is InChI=1S/C15H23N3O3S/c1-10-17-11(9-22-10)8-18-5-3-13-12(18)7-14(21-13)15(19)16-4-6-20-2/h9,12-14H,3-8H2,1-2H3,(H,16,19)/t12-,13-,14-/m0/s1. The van der Waals surface area contributed by atoms with E-state index < -0.39 is 0 Å². The van der Waals surface area contributed by atoms with Crippen LogP contribution in [0.1, 0.15) is 23.5 Å². The van der Waals surface area contributed by atoms with Gasteiger partial charge in [-0.1, -0.05) is 0 Å². The zero-order chi connectivity index (χ0) is 15.5. The summed E-state index contributed by atoms with van der Waals surface area (Å²) in [5.74, 6) is -0.0177. The molecule has 0 saturated carbocycles. The molecule has 0 unspecified atom stereocenters. The quantitative estimate of drug-likeness (QED) is 0.789. The first-order valence-corrected chi connectivity index (χ1v) is 8.62. The molecule has 1 aromatic heterocycles. The van der Waals surface area contributed by atoms with Gasteiger partial charge >= 0.3 is 0 Å². The van der Waals surface area contributed by atoms with Crippen LogP contribution in [0.25, 0.3) is 0 Å². The topological polar surface area (TPSA) is 63.7 Å². The van der Waals surface area contributed by atoms with Crippen molar-refractivity contribution in [3.8, 4) is 0 Å². The van der Waals surface area contributed by atoms with E-state index in [1.54, 1.807) is 18.4 Å². The van der Waals surface area contributed by atoms with E-state index in [1.165, 1.54) is 0 Å². The summed E-state index contributed by atoms with van der Waals surface area (Å²) in [6.07, 6.45) is 1.62. The molecule has 2 fully saturated rings. The molecule has 2 aliphatic rings. The third kappa shape index (κ3) is 3.48. The van der Waals surface area contributed by atoms with Gasteiger partial charge in [0.1, 0.15) is 6.10 Å². The predicted octanol–water partition coefficient (Wildman–Crippen LogP) is 0.946. The number of carbonyl (C=O) groups is 1. The number of carbonyl (C=O) groups excluding carboxylic acids is 1. The van der Waals surface area contributed by atoms with Gasteiger partial charge in [-0.15, -0.1) is 11.3 Å². The number of aromatic nitrogens is 1. The third-order valence-corrected chi connectivity index (χ3v) is 5.15. The van der Waals surface area contributed by atoms with Crippen molar-refractivity contribution >= 4 is 17.2 Å². The van der Waals surface area contributed by atoms with Crippen LogP contribution in [-0.2, 0) is 20.8 Å². The lowest BCUT2D eigenvalue weighted by Gasteiger charge is -2.21. The van der Waals surface area contributed by atoms with Crippen molar-refractivity contribution in [2.24, 2.45) is 0 Å². The van der Waals surface area contributed by atoms with Gasteiger partial charge in [-0.05, 0) is 13.3 Å². The molecule has 6 nitrogen and oxygen atoms in total. The molecule has 122 valence electrons. The Morgan fingerprint density at radius 3 is 3.23 bits per heavy atom. The molecular weight excluding hydrogens is 302 g/mol. The Balaban J connectivity index is 1.53. The normalized spacial score (nSPS) is 28.0. The number of amides is 1. The molecule has 3 atom stereocenters. The number of methoxy groups -OCH3 is 1. The van der Waals surface area contributed by atoms with Crippen molar-refractivity contribution in [3.05, 3.63) is 16.1 Å². The maximum Gasteiger partial charge on any atom is 0.249 e. The Morgan fingerprint density at radius 2 is 2.50 bits per heavy atom. The second kappa shape index (κ2) is 7.04. The van der Waals surface area contributed by atoms with E-state index >= 15 is 0 Å². The van der Waals surface area contributed by atoms with Gasteiger partial charge in [-0.2, -0.15) is 0 Å². The van der Waals surface area contributed by atoms with E-state index in [0.717, 1.165) is 36.6 Å². The summed E-state index contributed by atoms with van der Waals surface area (Å²) in [6, 6.07) is 0.334. The highest BCUT2D eigenvalue weighted by Gasteiger charge is 2.45. The Hall–Kier alpha value is -1.02. The summed E-state index contributed by atoms with van der Waals surface area (Å²) in [5.41, 5.74) is 1.12. The van der Waals surface area contributed by atoms with Crippen molar-refractivity contribution in [1.29, 1.82) is 0 Å². The van der Waals surface area contributed by atoms with Gasteiger partial charge in [0.25, 0.3) is 0 Å². The summed E-state index contributed by atoms with van der Waals surface area (Å²) >= 11 is 1.68. The van der Waals surface area contributed by atoms with E-state index in [0.29, 0.717) is 19.2 Å². The first kappa shape index (κ1) is 15.9. The van der Waals surface area contributed by atoms with Crippen molar-refractivity contribution < 1.29 is 14.3 Å². The van der Waals surface area contributed by atoms with Crippen LogP contribution in [0, 0.1) is 6.92 Å². The zero-order valence-corrected chi connectivity index (χ0v) is 13.9. The molecular formula is C15H23N3O3S. The Labute approximate surface area is 134 Å². The van der Waals surface area contributed by atoms with Crippen LogP contribution in [0.2, 0.25) is 0 Å². The highest BCUT2D eigenvalue weighted by Crippen LogP contribution is 2.34. The van der Waals surface area contributed by atoms with Gasteiger partial charge in [-0.25, -0.2) is 4.98 Å². The number of rotatable bonds is 6. The largest absolute Gasteiger partial charge is 0.383 e. The molecule has 2 aliphatic heterocycles. The van der Waals surface area contributed by atoms with Crippen LogP contribution in [0.5, 0.6) is 0 Å². The fourth-order valence-corrected chi connectivity index (χ4v) is 3.88. The molecule has 0 bridgehead atoms. The van der Waals surface area contributed by atoms with Gasteiger partial charge in [-0.3, -0.25) is 9.69 Å². The molecule has 0 radical (unpaired) electrons. The number of likely N-dealkylation sites (tertiary alicyclic amines) is 1. The van der Waals surface area contributed by atoms with Crippen LogP contribution in [0.15, 0.2) is 5.38 Å². The Morgan fingerprint density at radius 1 is 1.64 bits per heavy atom. The molecule has 3 heterocycles. The smallest absolute Gasteiger partial charge is 0.249 e. The van der Waals surface area contributed by atoms with Gasteiger partial charge in [0, 0.05) is 44.6 Å².